The Morgan fingerprint density at radius 1 is 0.846 bits per heavy atom. The Hall–Kier alpha value is 1.08. The molecule has 8 heteroatoms. The number of unbranched alkanes of at least 4 members (excludes halogenated alkanes) is 2. The average molecular weight is 264 g/mol. The smallest absolute Gasteiger partial charge is 0.243 e. The molecular formula is C5H14O4P2S2. The summed E-state index contributed by atoms with van der Waals surface area (Å²) in [6.45, 7) is 0. The Morgan fingerprint density at radius 3 is 1.54 bits per heavy atom. The van der Waals surface area contributed by atoms with E-state index < -0.39 is 14.5 Å². The lowest BCUT2D eigenvalue weighted by Gasteiger charge is -1.98. The lowest BCUT2D eigenvalue weighted by Crippen LogP contribution is -1.81. The van der Waals surface area contributed by atoms with E-state index in [0.29, 0.717) is 11.5 Å². The molecule has 0 saturated carbocycles. The van der Waals surface area contributed by atoms with E-state index in [2.05, 4.69) is 0 Å². The summed E-state index contributed by atoms with van der Waals surface area (Å²) < 4.78 is 20.5. The topological polar surface area (TPSA) is 74.6 Å². The lowest BCUT2D eigenvalue weighted by atomic mass is 10.3. The van der Waals surface area contributed by atoms with Crippen molar-refractivity contribution in [3.05, 3.63) is 0 Å². The minimum absolute atomic E-state index is 0.702. The molecule has 0 spiro atoms. The first kappa shape index (κ1) is 14.1. The van der Waals surface area contributed by atoms with Crippen LogP contribution in [0, 0.1) is 0 Å². The molecule has 0 aliphatic heterocycles. The van der Waals surface area contributed by atoms with Crippen molar-refractivity contribution in [3.63, 3.8) is 0 Å². The highest BCUT2D eigenvalue weighted by atomic mass is 32.7. The number of hydrogen-bond donors (Lipinski definition) is 2. The highest BCUT2D eigenvalue weighted by molar-refractivity contribution is 8.50. The zero-order chi connectivity index (χ0) is 10.1. The largest absolute Gasteiger partial charge is 0.339 e. The molecule has 2 unspecified atom stereocenters. The van der Waals surface area contributed by atoms with E-state index in [9.17, 15) is 9.13 Å². The van der Waals surface area contributed by atoms with Crippen molar-refractivity contribution in [2.24, 2.45) is 0 Å². The highest BCUT2D eigenvalue weighted by Crippen LogP contribution is 2.35. The predicted octanol–water partition coefficient (Wildman–Crippen LogP) is 2.39. The van der Waals surface area contributed by atoms with Crippen molar-refractivity contribution >= 4 is 37.2 Å². The SMILES string of the molecule is O=[PH](O)SCCCCCS[PH](=O)O. The molecule has 0 fully saturated rings. The Kier molecular flexibility index (Phi) is 10.4. The Labute approximate surface area is 87.1 Å². The molecule has 13 heavy (non-hydrogen) atoms. The Bertz CT molecular complexity index is 160. The number of rotatable bonds is 8. The van der Waals surface area contributed by atoms with Gasteiger partial charge in [0.1, 0.15) is 0 Å². The zero-order valence-corrected chi connectivity index (χ0v) is 10.7. The van der Waals surface area contributed by atoms with Crippen LogP contribution in [0.1, 0.15) is 19.3 Å². The minimum atomic E-state index is -2.36. The summed E-state index contributed by atoms with van der Waals surface area (Å²) >= 11 is 2.17. The molecule has 0 aromatic rings. The van der Waals surface area contributed by atoms with Gasteiger partial charge in [0.25, 0.3) is 0 Å². The van der Waals surface area contributed by atoms with Crippen molar-refractivity contribution in [2.45, 2.75) is 19.3 Å². The first-order chi connectivity index (χ1) is 6.13. The Balaban J connectivity index is 3.00. The molecule has 0 bridgehead atoms. The first-order valence-electron chi connectivity index (χ1n) is 3.84. The predicted molar refractivity (Wildman–Crippen MR) is 61.2 cm³/mol. The van der Waals surface area contributed by atoms with E-state index in [1.165, 1.54) is 0 Å². The molecule has 0 saturated heterocycles. The molecule has 80 valence electrons. The standard InChI is InChI=1S/C5H14O4P2S2/c6-10(7)12-4-2-1-3-5-13-11(8)9/h10-11H,1-5H2,(H,6,7)(H,8,9). The van der Waals surface area contributed by atoms with Gasteiger partial charge in [0.2, 0.25) is 14.5 Å². The van der Waals surface area contributed by atoms with Crippen LogP contribution in [0.25, 0.3) is 0 Å². The molecular weight excluding hydrogens is 250 g/mol. The van der Waals surface area contributed by atoms with Crippen LogP contribution in [0.4, 0.5) is 0 Å². The maximum atomic E-state index is 10.3. The Morgan fingerprint density at radius 2 is 1.23 bits per heavy atom. The molecule has 0 radical (unpaired) electrons. The molecule has 2 N–H and O–H groups in total. The maximum absolute atomic E-state index is 10.3. The van der Waals surface area contributed by atoms with E-state index in [-0.39, 0.29) is 0 Å². The van der Waals surface area contributed by atoms with Gasteiger partial charge in [-0.3, -0.25) is 9.13 Å². The molecule has 0 heterocycles. The van der Waals surface area contributed by atoms with Crippen LogP contribution in [0.15, 0.2) is 0 Å². The molecule has 0 amide bonds. The fourth-order valence-corrected chi connectivity index (χ4v) is 3.66. The van der Waals surface area contributed by atoms with Crippen molar-refractivity contribution in [3.8, 4) is 0 Å². The van der Waals surface area contributed by atoms with Crippen molar-refractivity contribution < 1.29 is 18.9 Å². The van der Waals surface area contributed by atoms with E-state index in [1.807, 2.05) is 0 Å². The fraction of sp³-hybridized carbons (Fsp3) is 1.00. The number of hydrogen-bond acceptors (Lipinski definition) is 4. The summed E-state index contributed by atoms with van der Waals surface area (Å²) in [5, 5.41) is 0. The van der Waals surface area contributed by atoms with Crippen molar-refractivity contribution in [2.75, 3.05) is 11.5 Å². The average Bonchev–Trinajstić information content (AvgIpc) is 2.01. The molecule has 0 aliphatic carbocycles. The molecule has 0 rings (SSSR count). The second-order valence-electron chi connectivity index (χ2n) is 2.29. The summed E-state index contributed by atoms with van der Waals surface area (Å²) in [6, 6.07) is 0. The summed E-state index contributed by atoms with van der Waals surface area (Å²) in [5.74, 6) is 1.40. The van der Waals surface area contributed by atoms with Gasteiger partial charge in [0, 0.05) is 11.5 Å². The minimum Gasteiger partial charge on any atom is -0.339 e. The first-order valence-corrected chi connectivity index (χ1v) is 9.97. The monoisotopic (exact) mass is 264 g/mol. The van der Waals surface area contributed by atoms with Crippen LogP contribution in [0.2, 0.25) is 0 Å². The van der Waals surface area contributed by atoms with Crippen LogP contribution in [-0.2, 0) is 9.13 Å². The van der Waals surface area contributed by atoms with Gasteiger partial charge < -0.3 is 9.79 Å². The molecule has 4 nitrogen and oxygen atoms in total. The maximum Gasteiger partial charge on any atom is 0.243 e. The van der Waals surface area contributed by atoms with E-state index in [4.69, 9.17) is 9.79 Å². The third-order valence-electron chi connectivity index (χ3n) is 1.24. The van der Waals surface area contributed by atoms with Gasteiger partial charge in [-0.05, 0) is 12.8 Å². The van der Waals surface area contributed by atoms with E-state index >= 15 is 0 Å². The van der Waals surface area contributed by atoms with Gasteiger partial charge in [0.05, 0.1) is 0 Å². The van der Waals surface area contributed by atoms with Gasteiger partial charge in [0.15, 0.2) is 0 Å². The van der Waals surface area contributed by atoms with Gasteiger partial charge in [-0.15, -0.1) is 0 Å². The molecule has 0 aromatic carbocycles. The second kappa shape index (κ2) is 9.63. The normalized spacial score (nSPS) is 15.5. The van der Waals surface area contributed by atoms with Crippen LogP contribution >= 0.6 is 37.2 Å². The van der Waals surface area contributed by atoms with Gasteiger partial charge in [-0.25, -0.2) is 0 Å². The lowest BCUT2D eigenvalue weighted by molar-refractivity contribution is 0.518. The van der Waals surface area contributed by atoms with E-state index in [0.717, 1.165) is 42.0 Å². The zero-order valence-electron chi connectivity index (χ0n) is 7.06. The summed E-state index contributed by atoms with van der Waals surface area (Å²) in [5.41, 5.74) is 0. The molecule has 0 aromatic heterocycles. The van der Waals surface area contributed by atoms with Crippen LogP contribution < -0.4 is 0 Å². The van der Waals surface area contributed by atoms with Gasteiger partial charge >= 0.3 is 0 Å². The van der Waals surface area contributed by atoms with E-state index in [1.54, 1.807) is 0 Å². The van der Waals surface area contributed by atoms with Crippen LogP contribution in [0.5, 0.6) is 0 Å². The van der Waals surface area contributed by atoms with Crippen molar-refractivity contribution in [1.82, 2.24) is 0 Å². The summed E-state index contributed by atoms with van der Waals surface area (Å²) in [7, 11) is -4.73. The third kappa shape index (κ3) is 13.1. The van der Waals surface area contributed by atoms with Gasteiger partial charge in [-0.2, -0.15) is 0 Å². The summed E-state index contributed by atoms with van der Waals surface area (Å²) in [4.78, 5) is 16.9. The van der Waals surface area contributed by atoms with Gasteiger partial charge in [-0.1, -0.05) is 29.2 Å². The second-order valence-corrected chi connectivity index (χ2v) is 8.57. The molecule has 0 aliphatic rings. The fourth-order valence-electron chi connectivity index (χ4n) is 0.700. The van der Waals surface area contributed by atoms with Crippen molar-refractivity contribution in [1.29, 1.82) is 0 Å². The third-order valence-corrected chi connectivity index (χ3v) is 5.43. The summed E-state index contributed by atoms with van der Waals surface area (Å²) in [6.07, 6.45) is 2.74. The highest BCUT2D eigenvalue weighted by Gasteiger charge is 1.96. The van der Waals surface area contributed by atoms with Crippen LogP contribution in [0.3, 0.4) is 0 Å². The quantitative estimate of drug-likeness (QED) is 0.518. The van der Waals surface area contributed by atoms with Crippen LogP contribution in [-0.4, -0.2) is 21.3 Å². The molecule has 2 atom stereocenters.